The molecule has 2 aliphatic rings. The first-order valence-electron chi connectivity index (χ1n) is 8.02. The minimum absolute atomic E-state index is 0.171. The van der Waals surface area contributed by atoms with Crippen LogP contribution < -0.4 is 0 Å². The van der Waals surface area contributed by atoms with Crippen LogP contribution in [0.5, 0.6) is 0 Å². The van der Waals surface area contributed by atoms with Gasteiger partial charge in [0.15, 0.2) is 0 Å². The molecule has 0 unspecified atom stereocenters. The van der Waals surface area contributed by atoms with Gasteiger partial charge in [-0.25, -0.2) is 4.39 Å². The van der Waals surface area contributed by atoms with Crippen LogP contribution in [0.2, 0.25) is 5.02 Å². The smallest absolute Gasteiger partial charge is 0.311 e. The maximum absolute atomic E-state index is 13.5. The fourth-order valence-electron chi connectivity index (χ4n) is 4.03. The fourth-order valence-corrected chi connectivity index (χ4v) is 4.25. The van der Waals surface area contributed by atoms with Crippen LogP contribution in [0.3, 0.4) is 0 Å². The number of benzene rings is 1. The first-order chi connectivity index (χ1) is 11.3. The van der Waals surface area contributed by atoms with Crippen LogP contribution in [-0.2, 0) is 4.79 Å². The standard InChI is InChI=1S/C17H20ClFN2O3/c1-20-5-2-3-17(16(23)24)4-6-21(10-14(17)20)15(22)11-7-12(18)9-13(19)8-11/h7-9,14H,2-6,10H2,1H3,(H,23,24)/t14-,17+/m1/s1. The van der Waals surface area contributed by atoms with E-state index in [0.29, 0.717) is 25.9 Å². The topological polar surface area (TPSA) is 60.9 Å². The summed E-state index contributed by atoms with van der Waals surface area (Å²) < 4.78 is 13.5. The molecule has 130 valence electrons. The van der Waals surface area contributed by atoms with Crippen molar-refractivity contribution in [3.63, 3.8) is 0 Å². The van der Waals surface area contributed by atoms with Crippen molar-refractivity contribution in [3.05, 3.63) is 34.6 Å². The monoisotopic (exact) mass is 354 g/mol. The van der Waals surface area contributed by atoms with Crippen molar-refractivity contribution in [2.75, 3.05) is 26.7 Å². The number of halogens is 2. The van der Waals surface area contributed by atoms with E-state index in [4.69, 9.17) is 11.6 Å². The van der Waals surface area contributed by atoms with E-state index in [-0.39, 0.29) is 22.5 Å². The summed E-state index contributed by atoms with van der Waals surface area (Å²) in [7, 11) is 1.90. The lowest BCUT2D eigenvalue weighted by Crippen LogP contribution is -2.63. The molecule has 0 spiro atoms. The van der Waals surface area contributed by atoms with Crippen LogP contribution in [0, 0.1) is 11.2 Å². The molecule has 5 nitrogen and oxygen atoms in total. The van der Waals surface area contributed by atoms with Crippen LogP contribution in [-0.4, -0.2) is 59.5 Å². The molecule has 24 heavy (non-hydrogen) atoms. The van der Waals surface area contributed by atoms with E-state index in [2.05, 4.69) is 0 Å². The van der Waals surface area contributed by atoms with Gasteiger partial charge < -0.3 is 14.9 Å². The van der Waals surface area contributed by atoms with E-state index in [1.807, 2.05) is 11.9 Å². The van der Waals surface area contributed by atoms with E-state index < -0.39 is 17.2 Å². The van der Waals surface area contributed by atoms with Gasteiger partial charge >= 0.3 is 5.97 Å². The number of fused-ring (bicyclic) bond motifs is 1. The highest BCUT2D eigenvalue weighted by Crippen LogP contribution is 2.42. The third-order valence-electron chi connectivity index (χ3n) is 5.35. The molecule has 0 bridgehead atoms. The number of piperidine rings is 2. The lowest BCUT2D eigenvalue weighted by Gasteiger charge is -2.51. The van der Waals surface area contributed by atoms with Gasteiger partial charge in [-0.15, -0.1) is 0 Å². The van der Waals surface area contributed by atoms with Crippen molar-refractivity contribution >= 4 is 23.5 Å². The first-order valence-corrected chi connectivity index (χ1v) is 8.40. The van der Waals surface area contributed by atoms with Gasteiger partial charge in [0, 0.05) is 29.7 Å². The second kappa shape index (κ2) is 6.33. The van der Waals surface area contributed by atoms with Crippen LogP contribution in [0.1, 0.15) is 29.6 Å². The molecule has 2 atom stereocenters. The number of nitrogens with zero attached hydrogens (tertiary/aromatic N) is 2. The second-order valence-electron chi connectivity index (χ2n) is 6.72. The number of carbonyl (C=O) groups is 2. The number of likely N-dealkylation sites (tertiary alicyclic amines) is 2. The lowest BCUT2D eigenvalue weighted by molar-refractivity contribution is -0.161. The second-order valence-corrected chi connectivity index (χ2v) is 7.16. The molecule has 7 heteroatoms. The molecule has 2 fully saturated rings. The number of likely N-dealkylation sites (N-methyl/N-ethyl adjacent to an activating group) is 1. The molecule has 3 rings (SSSR count). The molecule has 1 amide bonds. The molecule has 2 aliphatic heterocycles. The summed E-state index contributed by atoms with van der Waals surface area (Å²) in [4.78, 5) is 28.2. The van der Waals surface area contributed by atoms with Crippen molar-refractivity contribution < 1.29 is 19.1 Å². The molecule has 0 radical (unpaired) electrons. The van der Waals surface area contributed by atoms with Crippen LogP contribution in [0.4, 0.5) is 4.39 Å². The zero-order valence-corrected chi connectivity index (χ0v) is 14.2. The highest BCUT2D eigenvalue weighted by molar-refractivity contribution is 6.31. The Kier molecular flexibility index (Phi) is 4.53. The molecule has 0 saturated carbocycles. The maximum Gasteiger partial charge on any atom is 0.311 e. The minimum Gasteiger partial charge on any atom is -0.481 e. The predicted molar refractivity (Wildman–Crippen MR) is 87.7 cm³/mol. The summed E-state index contributed by atoms with van der Waals surface area (Å²) >= 11 is 5.83. The predicted octanol–water partition coefficient (Wildman–Crippen LogP) is 2.49. The number of carboxylic acids is 1. The number of amides is 1. The number of carbonyl (C=O) groups excluding carboxylic acids is 1. The van der Waals surface area contributed by atoms with Crippen LogP contribution >= 0.6 is 11.6 Å². The van der Waals surface area contributed by atoms with Crippen molar-refractivity contribution in [2.45, 2.75) is 25.3 Å². The Morgan fingerprint density at radius 3 is 2.71 bits per heavy atom. The zero-order chi connectivity index (χ0) is 17.5. The summed E-state index contributed by atoms with van der Waals surface area (Å²) in [5.74, 6) is -1.66. The number of carboxylic acid groups (broad SMARTS) is 1. The maximum atomic E-state index is 13.5. The van der Waals surface area contributed by atoms with Crippen molar-refractivity contribution in [1.82, 2.24) is 9.80 Å². The normalized spacial score (nSPS) is 27.6. The minimum atomic E-state index is -0.802. The third kappa shape index (κ3) is 2.89. The number of aliphatic carboxylic acids is 1. The average molecular weight is 355 g/mol. The SMILES string of the molecule is CN1CCC[C@]2(C(=O)O)CCN(C(=O)c3cc(F)cc(Cl)c3)C[C@@H]12. The lowest BCUT2D eigenvalue weighted by atomic mass is 9.68. The summed E-state index contributed by atoms with van der Waals surface area (Å²) in [6.07, 6.45) is 1.88. The van der Waals surface area contributed by atoms with Crippen molar-refractivity contribution in [3.8, 4) is 0 Å². The highest BCUT2D eigenvalue weighted by Gasteiger charge is 2.52. The van der Waals surface area contributed by atoms with Crippen molar-refractivity contribution in [1.29, 1.82) is 0 Å². The molecule has 1 aromatic carbocycles. The fraction of sp³-hybridized carbons (Fsp3) is 0.529. The number of hydrogen-bond acceptors (Lipinski definition) is 3. The Labute approximate surface area is 145 Å². The van der Waals surface area contributed by atoms with E-state index >= 15 is 0 Å². The molecule has 0 aliphatic carbocycles. The summed E-state index contributed by atoms with van der Waals surface area (Å²) in [6, 6.07) is 3.53. The highest BCUT2D eigenvalue weighted by atomic mass is 35.5. The first kappa shape index (κ1) is 17.2. The van der Waals surface area contributed by atoms with Gasteiger partial charge in [-0.2, -0.15) is 0 Å². The van der Waals surface area contributed by atoms with Gasteiger partial charge in [0.1, 0.15) is 5.82 Å². The van der Waals surface area contributed by atoms with Gasteiger partial charge in [-0.1, -0.05) is 11.6 Å². The summed E-state index contributed by atoms with van der Waals surface area (Å²) in [6.45, 7) is 1.49. The Balaban J connectivity index is 1.85. The molecule has 0 aromatic heterocycles. The number of hydrogen-bond donors (Lipinski definition) is 1. The largest absolute Gasteiger partial charge is 0.481 e. The Bertz CT molecular complexity index is 664. The van der Waals surface area contributed by atoms with Gasteiger partial charge in [0.05, 0.1) is 5.41 Å². The quantitative estimate of drug-likeness (QED) is 0.886. The molecule has 1 aromatic rings. The summed E-state index contributed by atoms with van der Waals surface area (Å²) in [5.41, 5.74) is -0.607. The molecular formula is C17H20ClFN2O3. The Hall–Kier alpha value is -1.66. The number of rotatable bonds is 2. The van der Waals surface area contributed by atoms with E-state index in [9.17, 15) is 19.1 Å². The molecule has 1 N–H and O–H groups in total. The molecule has 2 heterocycles. The van der Waals surface area contributed by atoms with Gasteiger partial charge in [0.2, 0.25) is 0 Å². The van der Waals surface area contributed by atoms with Crippen LogP contribution in [0.25, 0.3) is 0 Å². The third-order valence-corrected chi connectivity index (χ3v) is 5.57. The van der Waals surface area contributed by atoms with Gasteiger partial charge in [-0.3, -0.25) is 9.59 Å². The van der Waals surface area contributed by atoms with E-state index in [1.54, 1.807) is 4.90 Å². The molecular weight excluding hydrogens is 335 g/mol. The van der Waals surface area contributed by atoms with E-state index in [0.717, 1.165) is 25.1 Å². The van der Waals surface area contributed by atoms with Gasteiger partial charge in [0.25, 0.3) is 5.91 Å². The van der Waals surface area contributed by atoms with Crippen molar-refractivity contribution in [2.24, 2.45) is 5.41 Å². The summed E-state index contributed by atoms with van der Waals surface area (Å²) in [5, 5.41) is 9.93. The van der Waals surface area contributed by atoms with Gasteiger partial charge in [-0.05, 0) is 51.1 Å². The zero-order valence-electron chi connectivity index (χ0n) is 13.5. The van der Waals surface area contributed by atoms with Crippen LogP contribution in [0.15, 0.2) is 18.2 Å². The Morgan fingerprint density at radius 2 is 2.04 bits per heavy atom. The Morgan fingerprint density at radius 1 is 1.29 bits per heavy atom. The molecule has 2 saturated heterocycles. The van der Waals surface area contributed by atoms with E-state index in [1.165, 1.54) is 6.07 Å². The average Bonchev–Trinajstić information content (AvgIpc) is 2.53.